The van der Waals surface area contributed by atoms with Crippen molar-refractivity contribution < 1.29 is 0 Å². The Hall–Kier alpha value is -0.0900. The molecule has 1 saturated heterocycles. The highest BCUT2D eigenvalue weighted by Crippen LogP contribution is 2.23. The second-order valence-electron chi connectivity index (χ2n) is 4.22. The van der Waals surface area contributed by atoms with Crippen LogP contribution in [0.15, 0.2) is 6.07 Å². The quantitative estimate of drug-likeness (QED) is 0.868. The molecule has 1 aliphatic heterocycles. The Morgan fingerprint density at radius 2 is 2.27 bits per heavy atom. The average molecular weight is 247 g/mol. The van der Waals surface area contributed by atoms with Crippen molar-refractivity contribution in [2.75, 3.05) is 13.1 Å². The van der Waals surface area contributed by atoms with Crippen molar-refractivity contribution in [3.8, 4) is 0 Å². The van der Waals surface area contributed by atoms with Gasteiger partial charge in [0.05, 0.1) is 0 Å². The summed E-state index contributed by atoms with van der Waals surface area (Å²) in [4.78, 5) is 5.34. The number of rotatable bonds is 2. The van der Waals surface area contributed by atoms with Crippen LogP contribution in [0.2, 0.25) is 0 Å². The van der Waals surface area contributed by atoms with Crippen LogP contribution in [0.4, 0.5) is 0 Å². The van der Waals surface area contributed by atoms with Gasteiger partial charge in [-0.15, -0.1) is 23.7 Å². The smallest absolute Gasteiger partial charge is 0.0245 e. The van der Waals surface area contributed by atoms with Gasteiger partial charge in [-0.2, -0.15) is 0 Å². The molecular weight excluding hydrogens is 228 g/mol. The van der Waals surface area contributed by atoms with Gasteiger partial charge < -0.3 is 5.73 Å². The van der Waals surface area contributed by atoms with Gasteiger partial charge in [0.25, 0.3) is 0 Å². The molecule has 0 radical (unpaired) electrons. The first-order valence-electron chi connectivity index (χ1n) is 5.19. The van der Waals surface area contributed by atoms with Gasteiger partial charge >= 0.3 is 0 Å². The summed E-state index contributed by atoms with van der Waals surface area (Å²) < 4.78 is 0. The second-order valence-corrected chi connectivity index (χ2v) is 5.68. The molecule has 0 unspecified atom stereocenters. The lowest BCUT2D eigenvalue weighted by Crippen LogP contribution is -2.26. The standard InChI is InChI=1S/C11H18N2S.ClH/c1-8-5-10(9(2)14-8)6-13-4-3-11(12)7-13;/h5,11H,3-4,6-7,12H2,1-2H3;1H/t11-;/m1./s1. The third-order valence-corrected chi connectivity index (χ3v) is 3.85. The zero-order valence-corrected chi connectivity index (χ0v) is 11.0. The lowest BCUT2D eigenvalue weighted by atomic mass is 10.2. The monoisotopic (exact) mass is 246 g/mol. The number of hydrogen-bond acceptors (Lipinski definition) is 3. The van der Waals surface area contributed by atoms with Gasteiger partial charge in [-0.25, -0.2) is 0 Å². The van der Waals surface area contributed by atoms with Gasteiger partial charge in [-0.3, -0.25) is 4.90 Å². The van der Waals surface area contributed by atoms with Crippen LogP contribution in [0.5, 0.6) is 0 Å². The second kappa shape index (κ2) is 5.30. The van der Waals surface area contributed by atoms with E-state index in [1.165, 1.54) is 15.3 Å². The Labute approximate surface area is 102 Å². The molecule has 2 nitrogen and oxygen atoms in total. The highest BCUT2D eigenvalue weighted by molar-refractivity contribution is 7.12. The summed E-state index contributed by atoms with van der Waals surface area (Å²) in [5, 5.41) is 0. The maximum absolute atomic E-state index is 5.88. The highest BCUT2D eigenvalue weighted by atomic mass is 35.5. The number of nitrogens with zero attached hydrogens (tertiary/aromatic N) is 1. The summed E-state index contributed by atoms with van der Waals surface area (Å²) in [6, 6.07) is 2.71. The van der Waals surface area contributed by atoms with Crippen LogP contribution in [-0.2, 0) is 6.54 Å². The summed E-state index contributed by atoms with van der Waals surface area (Å²) in [6.07, 6.45) is 1.15. The normalized spacial score (nSPS) is 21.7. The average Bonchev–Trinajstić information content (AvgIpc) is 2.61. The third-order valence-electron chi connectivity index (χ3n) is 2.85. The molecular formula is C11H19ClN2S. The van der Waals surface area contributed by atoms with E-state index >= 15 is 0 Å². The van der Waals surface area contributed by atoms with E-state index in [0.717, 1.165) is 26.1 Å². The predicted octanol–water partition coefficient (Wildman–Crippen LogP) is 2.32. The summed E-state index contributed by atoms with van der Waals surface area (Å²) in [5.74, 6) is 0. The van der Waals surface area contributed by atoms with Gasteiger partial charge in [0.1, 0.15) is 0 Å². The summed E-state index contributed by atoms with van der Waals surface area (Å²) in [7, 11) is 0. The highest BCUT2D eigenvalue weighted by Gasteiger charge is 2.19. The number of aryl methyl sites for hydroxylation is 2. The first-order valence-corrected chi connectivity index (χ1v) is 6.00. The molecule has 0 bridgehead atoms. The van der Waals surface area contributed by atoms with Gasteiger partial charge in [0.2, 0.25) is 0 Å². The van der Waals surface area contributed by atoms with E-state index in [-0.39, 0.29) is 12.4 Å². The Bertz CT molecular complexity index is 324. The molecule has 1 atom stereocenters. The van der Waals surface area contributed by atoms with Crippen molar-refractivity contribution in [2.24, 2.45) is 5.73 Å². The molecule has 0 spiro atoms. The molecule has 0 amide bonds. The maximum Gasteiger partial charge on any atom is 0.0245 e. The van der Waals surface area contributed by atoms with Crippen LogP contribution in [0, 0.1) is 13.8 Å². The molecule has 1 aromatic rings. The maximum atomic E-state index is 5.88. The molecule has 1 fully saturated rings. The van der Waals surface area contributed by atoms with E-state index in [1.807, 2.05) is 11.3 Å². The molecule has 86 valence electrons. The van der Waals surface area contributed by atoms with Crippen molar-refractivity contribution in [2.45, 2.75) is 32.9 Å². The van der Waals surface area contributed by atoms with Gasteiger partial charge in [0.15, 0.2) is 0 Å². The van der Waals surface area contributed by atoms with E-state index in [1.54, 1.807) is 0 Å². The van der Waals surface area contributed by atoms with E-state index in [4.69, 9.17) is 5.73 Å². The fourth-order valence-corrected chi connectivity index (χ4v) is 3.03. The Morgan fingerprint density at radius 1 is 1.53 bits per heavy atom. The van der Waals surface area contributed by atoms with Crippen molar-refractivity contribution >= 4 is 23.7 Å². The molecule has 4 heteroatoms. The molecule has 2 N–H and O–H groups in total. The molecule has 15 heavy (non-hydrogen) atoms. The zero-order chi connectivity index (χ0) is 10.1. The third kappa shape index (κ3) is 3.18. The molecule has 1 aromatic heterocycles. The van der Waals surface area contributed by atoms with Crippen molar-refractivity contribution in [1.29, 1.82) is 0 Å². The van der Waals surface area contributed by atoms with Crippen LogP contribution in [0.1, 0.15) is 21.7 Å². The number of nitrogens with two attached hydrogens (primary N) is 1. The topological polar surface area (TPSA) is 29.3 Å². The van der Waals surface area contributed by atoms with Crippen molar-refractivity contribution in [3.05, 3.63) is 21.4 Å². The molecule has 1 aliphatic rings. The summed E-state index contributed by atoms with van der Waals surface area (Å²) >= 11 is 1.90. The van der Waals surface area contributed by atoms with E-state index in [2.05, 4.69) is 24.8 Å². The first kappa shape index (κ1) is 13.0. The number of likely N-dealkylation sites (tertiary alicyclic amines) is 1. The number of halogens is 1. The Balaban J connectivity index is 0.00000112. The molecule has 0 aliphatic carbocycles. The van der Waals surface area contributed by atoms with Crippen LogP contribution < -0.4 is 5.73 Å². The Kier molecular flexibility index (Phi) is 4.59. The number of thiophene rings is 1. The van der Waals surface area contributed by atoms with Crippen LogP contribution in [0.25, 0.3) is 0 Å². The zero-order valence-electron chi connectivity index (χ0n) is 9.32. The van der Waals surface area contributed by atoms with Crippen molar-refractivity contribution in [1.82, 2.24) is 4.90 Å². The van der Waals surface area contributed by atoms with Gasteiger partial charge in [-0.1, -0.05) is 0 Å². The minimum absolute atomic E-state index is 0. The largest absolute Gasteiger partial charge is 0.326 e. The molecule has 0 saturated carbocycles. The van der Waals surface area contributed by atoms with Crippen molar-refractivity contribution in [3.63, 3.8) is 0 Å². The van der Waals surface area contributed by atoms with Crippen LogP contribution >= 0.6 is 23.7 Å². The van der Waals surface area contributed by atoms with Gasteiger partial charge in [0, 0.05) is 35.4 Å². The minimum Gasteiger partial charge on any atom is -0.326 e. The lowest BCUT2D eigenvalue weighted by molar-refractivity contribution is 0.327. The van der Waals surface area contributed by atoms with E-state index in [9.17, 15) is 0 Å². The van der Waals surface area contributed by atoms with Crippen LogP contribution in [0.3, 0.4) is 0 Å². The number of hydrogen-bond donors (Lipinski definition) is 1. The van der Waals surface area contributed by atoms with Crippen LogP contribution in [-0.4, -0.2) is 24.0 Å². The van der Waals surface area contributed by atoms with Gasteiger partial charge in [-0.05, 0) is 31.9 Å². The summed E-state index contributed by atoms with van der Waals surface area (Å²) in [5.41, 5.74) is 7.37. The fraction of sp³-hybridized carbons (Fsp3) is 0.636. The summed E-state index contributed by atoms with van der Waals surface area (Å²) in [6.45, 7) is 7.70. The molecule has 0 aromatic carbocycles. The molecule has 2 heterocycles. The predicted molar refractivity (Wildman–Crippen MR) is 68.9 cm³/mol. The minimum atomic E-state index is 0. The van der Waals surface area contributed by atoms with E-state index in [0.29, 0.717) is 6.04 Å². The lowest BCUT2D eigenvalue weighted by Gasteiger charge is -2.14. The first-order chi connectivity index (χ1) is 6.65. The van der Waals surface area contributed by atoms with E-state index < -0.39 is 0 Å². The Morgan fingerprint density at radius 3 is 2.73 bits per heavy atom. The SMILES string of the molecule is Cc1cc(CN2CC[C@@H](N)C2)c(C)s1.Cl. The fourth-order valence-electron chi connectivity index (χ4n) is 2.09. The molecule has 2 rings (SSSR count).